The molecule has 4 rings (SSSR count). The molecule has 0 unspecified atom stereocenters. The van der Waals surface area contributed by atoms with Gasteiger partial charge in [-0.3, -0.25) is 10.1 Å². The van der Waals surface area contributed by atoms with Gasteiger partial charge in [0.2, 0.25) is 5.16 Å². The van der Waals surface area contributed by atoms with Gasteiger partial charge in [-0.15, -0.1) is 16.9 Å². The highest BCUT2D eigenvalue weighted by molar-refractivity contribution is 7.99. The number of carboxylic acids is 1. The number of carbonyl (C=O) groups is 1. The summed E-state index contributed by atoms with van der Waals surface area (Å²) in [6.45, 7) is 0. The van der Waals surface area contributed by atoms with Crippen molar-refractivity contribution >= 4 is 29.5 Å². The first-order valence-corrected chi connectivity index (χ1v) is 9.29. The molecular weight excluding hydrogens is 362 g/mol. The second-order valence-corrected chi connectivity index (χ2v) is 7.35. The van der Waals surface area contributed by atoms with Gasteiger partial charge in [-0.2, -0.15) is 4.68 Å². The Balaban J connectivity index is 1.50. The number of benzene rings is 1. The molecule has 2 atom stereocenters. The fourth-order valence-electron chi connectivity index (χ4n) is 2.37. The SMILES string of the molecule is O=C(O)[C@H]1CS[C@H](c2ccc(Sc3nnnn3-c3ccccc3)o2)N1. The van der Waals surface area contributed by atoms with Gasteiger partial charge < -0.3 is 9.52 Å². The molecule has 2 N–H and O–H groups in total. The van der Waals surface area contributed by atoms with Crippen LogP contribution in [0.15, 0.2) is 57.1 Å². The van der Waals surface area contributed by atoms with Crippen molar-refractivity contribution in [2.75, 3.05) is 5.75 Å². The Morgan fingerprint density at radius 1 is 1.32 bits per heavy atom. The van der Waals surface area contributed by atoms with Crippen molar-refractivity contribution < 1.29 is 14.3 Å². The Labute approximate surface area is 151 Å². The van der Waals surface area contributed by atoms with E-state index >= 15 is 0 Å². The van der Waals surface area contributed by atoms with E-state index < -0.39 is 12.0 Å². The molecule has 0 amide bonds. The molecule has 0 saturated carbocycles. The third-order valence-corrected chi connectivity index (χ3v) is 5.66. The predicted octanol–water partition coefficient (Wildman–Crippen LogP) is 2.19. The molecule has 128 valence electrons. The van der Waals surface area contributed by atoms with Gasteiger partial charge in [0.25, 0.3) is 0 Å². The van der Waals surface area contributed by atoms with Crippen LogP contribution in [0, 0.1) is 0 Å². The molecule has 3 heterocycles. The minimum atomic E-state index is -0.849. The smallest absolute Gasteiger partial charge is 0.321 e. The monoisotopic (exact) mass is 375 g/mol. The number of thioether (sulfide) groups is 1. The van der Waals surface area contributed by atoms with Crippen molar-refractivity contribution in [2.45, 2.75) is 21.7 Å². The molecule has 8 nitrogen and oxygen atoms in total. The van der Waals surface area contributed by atoms with Crippen LogP contribution in [-0.4, -0.2) is 43.1 Å². The predicted molar refractivity (Wildman–Crippen MR) is 91.7 cm³/mol. The number of para-hydroxylation sites is 1. The van der Waals surface area contributed by atoms with Crippen molar-refractivity contribution in [3.8, 4) is 5.69 Å². The second kappa shape index (κ2) is 6.90. The van der Waals surface area contributed by atoms with Crippen molar-refractivity contribution in [3.63, 3.8) is 0 Å². The number of hydrogen-bond donors (Lipinski definition) is 2. The summed E-state index contributed by atoms with van der Waals surface area (Å²) in [5.74, 6) is 0.350. The van der Waals surface area contributed by atoms with Crippen molar-refractivity contribution in [3.05, 3.63) is 48.2 Å². The first kappa shape index (κ1) is 16.2. The van der Waals surface area contributed by atoms with Gasteiger partial charge in [0.15, 0.2) is 5.09 Å². The largest absolute Gasteiger partial charge is 0.480 e. The van der Waals surface area contributed by atoms with Crippen LogP contribution in [0.5, 0.6) is 0 Å². The van der Waals surface area contributed by atoms with Gasteiger partial charge in [0, 0.05) is 5.75 Å². The van der Waals surface area contributed by atoms with E-state index in [1.54, 1.807) is 4.68 Å². The zero-order valence-electron chi connectivity index (χ0n) is 12.8. The number of aliphatic carboxylic acids is 1. The summed E-state index contributed by atoms with van der Waals surface area (Å²) in [7, 11) is 0. The fraction of sp³-hybridized carbons (Fsp3) is 0.200. The summed E-state index contributed by atoms with van der Waals surface area (Å²) < 4.78 is 7.47. The molecule has 0 spiro atoms. The average molecular weight is 375 g/mol. The Bertz CT molecular complexity index is 882. The molecule has 1 fully saturated rings. The Kier molecular flexibility index (Phi) is 4.47. The molecular formula is C15H13N5O3S2. The van der Waals surface area contributed by atoms with E-state index in [1.165, 1.54) is 23.5 Å². The molecule has 10 heteroatoms. The number of furan rings is 1. The summed E-state index contributed by atoms with van der Waals surface area (Å²) in [6.07, 6.45) is 0. The van der Waals surface area contributed by atoms with E-state index in [9.17, 15) is 4.79 Å². The minimum absolute atomic E-state index is 0.166. The van der Waals surface area contributed by atoms with Crippen LogP contribution in [0.25, 0.3) is 5.69 Å². The minimum Gasteiger partial charge on any atom is -0.480 e. The summed E-state index contributed by atoms with van der Waals surface area (Å²) in [5, 5.41) is 24.9. The van der Waals surface area contributed by atoms with Crippen LogP contribution in [0.1, 0.15) is 11.1 Å². The molecule has 1 aliphatic heterocycles. The second-order valence-electron chi connectivity index (χ2n) is 5.24. The van der Waals surface area contributed by atoms with E-state index in [4.69, 9.17) is 9.52 Å². The number of rotatable bonds is 5. The van der Waals surface area contributed by atoms with E-state index in [0.29, 0.717) is 21.8 Å². The summed E-state index contributed by atoms with van der Waals surface area (Å²) in [5.41, 5.74) is 0.860. The first-order valence-electron chi connectivity index (χ1n) is 7.42. The maximum Gasteiger partial charge on any atom is 0.321 e. The lowest BCUT2D eigenvalue weighted by atomic mass is 10.3. The molecule has 1 aromatic carbocycles. The van der Waals surface area contributed by atoms with Crippen LogP contribution in [0.4, 0.5) is 0 Å². The summed E-state index contributed by atoms with van der Waals surface area (Å²) in [4.78, 5) is 11.0. The zero-order chi connectivity index (χ0) is 17.2. The molecule has 25 heavy (non-hydrogen) atoms. The van der Waals surface area contributed by atoms with Crippen LogP contribution in [0.2, 0.25) is 0 Å². The van der Waals surface area contributed by atoms with Gasteiger partial charge in [0.1, 0.15) is 17.2 Å². The lowest BCUT2D eigenvalue weighted by Gasteiger charge is -2.07. The first-order chi connectivity index (χ1) is 12.2. The van der Waals surface area contributed by atoms with Gasteiger partial charge in [0.05, 0.1) is 5.69 Å². The maximum absolute atomic E-state index is 11.0. The lowest BCUT2D eigenvalue weighted by molar-refractivity contribution is -0.138. The summed E-state index contributed by atoms with van der Waals surface area (Å²) in [6, 6.07) is 12.7. The van der Waals surface area contributed by atoms with Crippen molar-refractivity contribution in [1.29, 1.82) is 0 Å². The van der Waals surface area contributed by atoms with E-state index in [0.717, 1.165) is 5.69 Å². The van der Waals surface area contributed by atoms with E-state index in [-0.39, 0.29) is 5.37 Å². The van der Waals surface area contributed by atoms with Crippen molar-refractivity contribution in [2.24, 2.45) is 0 Å². The maximum atomic E-state index is 11.0. The fourth-order valence-corrected chi connectivity index (χ4v) is 4.31. The number of tetrazole rings is 1. The molecule has 0 radical (unpaired) electrons. The Morgan fingerprint density at radius 3 is 2.92 bits per heavy atom. The lowest BCUT2D eigenvalue weighted by Crippen LogP contribution is -2.33. The van der Waals surface area contributed by atoms with E-state index in [1.807, 2.05) is 42.5 Å². The number of nitrogens with zero attached hydrogens (tertiary/aromatic N) is 4. The molecule has 1 saturated heterocycles. The third kappa shape index (κ3) is 3.41. The highest BCUT2D eigenvalue weighted by Crippen LogP contribution is 2.37. The topological polar surface area (TPSA) is 106 Å². The van der Waals surface area contributed by atoms with E-state index in [2.05, 4.69) is 20.8 Å². The Morgan fingerprint density at radius 2 is 2.16 bits per heavy atom. The number of hydrogen-bond acceptors (Lipinski definition) is 8. The number of aromatic nitrogens is 4. The van der Waals surface area contributed by atoms with Crippen LogP contribution in [0.3, 0.4) is 0 Å². The Hall–Kier alpha value is -2.30. The molecule has 0 aliphatic carbocycles. The molecule has 0 bridgehead atoms. The van der Waals surface area contributed by atoms with Gasteiger partial charge in [-0.05, 0) is 46.5 Å². The number of nitrogens with one attached hydrogen (secondary N) is 1. The van der Waals surface area contributed by atoms with Crippen LogP contribution >= 0.6 is 23.5 Å². The molecule has 1 aliphatic rings. The van der Waals surface area contributed by atoms with Gasteiger partial charge in [-0.1, -0.05) is 18.2 Å². The standard InChI is InChI=1S/C15H13N5O3S2/c21-14(22)10-8-24-13(16-10)11-6-7-12(23-11)25-15-17-18-19-20(15)9-4-2-1-3-5-9/h1-7,10,13,16H,8H2,(H,21,22)/t10-,13-/m1/s1. The van der Waals surface area contributed by atoms with Gasteiger partial charge >= 0.3 is 5.97 Å². The molecule has 3 aromatic rings. The summed E-state index contributed by atoms with van der Waals surface area (Å²) >= 11 is 2.82. The quantitative estimate of drug-likeness (QED) is 0.694. The van der Waals surface area contributed by atoms with Gasteiger partial charge in [-0.25, -0.2) is 0 Å². The third-order valence-electron chi connectivity index (χ3n) is 3.57. The van der Waals surface area contributed by atoms with Crippen molar-refractivity contribution in [1.82, 2.24) is 25.5 Å². The van der Waals surface area contributed by atoms with Crippen LogP contribution in [-0.2, 0) is 4.79 Å². The number of carboxylic acid groups (broad SMARTS) is 1. The van der Waals surface area contributed by atoms with Crippen LogP contribution < -0.4 is 5.32 Å². The highest BCUT2D eigenvalue weighted by atomic mass is 32.2. The highest BCUT2D eigenvalue weighted by Gasteiger charge is 2.32. The average Bonchev–Trinajstić information content (AvgIpc) is 3.36. The normalized spacial score (nSPS) is 20.0. The zero-order valence-corrected chi connectivity index (χ0v) is 14.4. The molecule has 2 aromatic heterocycles.